The molecule has 0 aliphatic carbocycles. The van der Waals surface area contributed by atoms with Gasteiger partial charge in [-0.2, -0.15) is 0 Å². The van der Waals surface area contributed by atoms with Crippen LogP contribution in [0.3, 0.4) is 0 Å². The molecule has 2 heterocycles. The number of carbonyl (C=O) groups is 1. The van der Waals surface area contributed by atoms with Crippen LogP contribution in [0.25, 0.3) is 0 Å². The van der Waals surface area contributed by atoms with Gasteiger partial charge in [-0.3, -0.25) is 4.79 Å². The van der Waals surface area contributed by atoms with Crippen molar-refractivity contribution >= 4 is 17.4 Å². The van der Waals surface area contributed by atoms with Crippen LogP contribution in [0.5, 0.6) is 0 Å². The molecule has 1 aliphatic rings. The van der Waals surface area contributed by atoms with E-state index in [1.807, 2.05) is 18.3 Å². The normalized spacial score (nSPS) is 23.2. The van der Waals surface area contributed by atoms with Gasteiger partial charge in [-0.25, -0.2) is 4.98 Å². The summed E-state index contributed by atoms with van der Waals surface area (Å²) in [5.41, 5.74) is 6.36. The lowest BCUT2D eigenvalue weighted by atomic mass is 9.92. The summed E-state index contributed by atoms with van der Waals surface area (Å²) in [6.07, 6.45) is 3.10. The van der Waals surface area contributed by atoms with Crippen molar-refractivity contribution in [3.05, 3.63) is 18.3 Å². The van der Waals surface area contributed by atoms with Crippen LogP contribution in [-0.4, -0.2) is 30.5 Å². The van der Waals surface area contributed by atoms with Crippen molar-refractivity contribution in [3.63, 3.8) is 0 Å². The molecule has 19 heavy (non-hydrogen) atoms. The molecular formula is C14H22N4O. The van der Waals surface area contributed by atoms with E-state index in [0.29, 0.717) is 17.7 Å². The molecule has 1 aromatic rings. The van der Waals surface area contributed by atoms with Gasteiger partial charge in [0.25, 0.3) is 0 Å². The summed E-state index contributed by atoms with van der Waals surface area (Å²) in [6, 6.07) is 3.83. The van der Waals surface area contributed by atoms with Crippen molar-refractivity contribution < 1.29 is 4.79 Å². The van der Waals surface area contributed by atoms with Crippen molar-refractivity contribution in [1.29, 1.82) is 0 Å². The van der Waals surface area contributed by atoms with Crippen LogP contribution in [0.15, 0.2) is 18.3 Å². The van der Waals surface area contributed by atoms with Crippen LogP contribution in [-0.2, 0) is 4.79 Å². The lowest BCUT2D eigenvalue weighted by Crippen LogP contribution is -2.38. The lowest BCUT2D eigenvalue weighted by Gasteiger charge is -2.36. The highest BCUT2D eigenvalue weighted by molar-refractivity contribution is 5.91. The third-order valence-corrected chi connectivity index (χ3v) is 3.43. The second-order valence-electron chi connectivity index (χ2n) is 5.50. The summed E-state index contributed by atoms with van der Waals surface area (Å²) >= 11 is 0. The molecule has 1 aromatic heterocycles. The zero-order chi connectivity index (χ0) is 13.8. The van der Waals surface area contributed by atoms with E-state index in [1.54, 1.807) is 0 Å². The minimum Gasteiger partial charge on any atom is -0.370 e. The first kappa shape index (κ1) is 13.8. The number of pyridine rings is 1. The first-order valence-corrected chi connectivity index (χ1v) is 6.79. The average molecular weight is 262 g/mol. The molecule has 104 valence electrons. The van der Waals surface area contributed by atoms with Crippen LogP contribution in [0.2, 0.25) is 0 Å². The molecule has 1 fully saturated rings. The molecule has 0 radical (unpaired) electrons. The molecule has 2 unspecified atom stereocenters. The molecule has 1 saturated heterocycles. The molecule has 2 atom stereocenters. The third kappa shape index (κ3) is 3.67. The summed E-state index contributed by atoms with van der Waals surface area (Å²) in [6.45, 7) is 6.68. The van der Waals surface area contributed by atoms with Gasteiger partial charge in [0.2, 0.25) is 5.91 Å². The fraction of sp³-hybridized carbons (Fsp3) is 0.571. The molecule has 1 aliphatic heterocycles. The largest absolute Gasteiger partial charge is 0.370 e. The maximum atomic E-state index is 11.2. The van der Waals surface area contributed by atoms with Gasteiger partial charge in [-0.15, -0.1) is 0 Å². The Morgan fingerprint density at radius 2 is 2.11 bits per heavy atom. The summed E-state index contributed by atoms with van der Waals surface area (Å²) in [7, 11) is 0. The number of rotatable bonds is 3. The number of hydrogen-bond acceptors (Lipinski definition) is 4. The van der Waals surface area contributed by atoms with E-state index in [1.165, 1.54) is 6.42 Å². The first-order valence-electron chi connectivity index (χ1n) is 6.79. The van der Waals surface area contributed by atoms with Crippen LogP contribution in [0, 0.1) is 11.8 Å². The van der Waals surface area contributed by atoms with Gasteiger partial charge in [-0.05, 0) is 30.4 Å². The molecule has 5 nitrogen and oxygen atoms in total. The number of anilines is 2. The highest BCUT2D eigenvalue weighted by Gasteiger charge is 2.22. The Morgan fingerprint density at radius 3 is 2.63 bits per heavy atom. The number of aromatic nitrogens is 1. The molecule has 5 heteroatoms. The molecule has 1 amide bonds. The van der Waals surface area contributed by atoms with E-state index in [0.717, 1.165) is 18.8 Å². The zero-order valence-corrected chi connectivity index (χ0v) is 11.6. The van der Waals surface area contributed by atoms with Crippen LogP contribution < -0.4 is 16.0 Å². The molecule has 2 rings (SSSR count). The maximum absolute atomic E-state index is 11.2. The van der Waals surface area contributed by atoms with Crippen molar-refractivity contribution in [1.82, 2.24) is 4.98 Å². The van der Waals surface area contributed by atoms with E-state index in [-0.39, 0.29) is 12.5 Å². The predicted molar refractivity (Wildman–Crippen MR) is 77.1 cm³/mol. The Labute approximate surface area is 114 Å². The van der Waals surface area contributed by atoms with Gasteiger partial charge in [0, 0.05) is 13.1 Å². The number of nitrogens with one attached hydrogen (secondary N) is 1. The van der Waals surface area contributed by atoms with Gasteiger partial charge >= 0.3 is 0 Å². The van der Waals surface area contributed by atoms with Crippen LogP contribution >= 0.6 is 0 Å². The Balaban J connectivity index is 2.03. The minimum absolute atomic E-state index is 0.0232. The summed E-state index contributed by atoms with van der Waals surface area (Å²) in [5.74, 6) is 1.75. The van der Waals surface area contributed by atoms with E-state index in [4.69, 9.17) is 5.73 Å². The van der Waals surface area contributed by atoms with Gasteiger partial charge < -0.3 is 16.0 Å². The predicted octanol–water partition coefficient (Wildman–Crippen LogP) is 1.46. The van der Waals surface area contributed by atoms with E-state index in [2.05, 4.69) is 29.0 Å². The molecule has 0 spiro atoms. The molecule has 0 saturated carbocycles. The second-order valence-corrected chi connectivity index (χ2v) is 5.50. The van der Waals surface area contributed by atoms with Gasteiger partial charge in [0.05, 0.1) is 18.4 Å². The highest BCUT2D eigenvalue weighted by Crippen LogP contribution is 2.26. The minimum atomic E-state index is -0.222. The Bertz CT molecular complexity index is 422. The fourth-order valence-corrected chi connectivity index (χ4v) is 2.71. The standard InChI is InChI=1S/C14H22N4O/c1-10-5-11(2)9-18(8-10)12-3-4-13(16-7-12)17-14(19)6-15/h3-4,7,10-11H,5-6,8-9,15H2,1-2H3,(H,16,17,19). The Kier molecular flexibility index (Phi) is 4.37. The number of nitrogens with zero attached hydrogens (tertiary/aromatic N) is 2. The van der Waals surface area contributed by atoms with Gasteiger partial charge in [0.15, 0.2) is 0 Å². The van der Waals surface area contributed by atoms with Crippen LogP contribution in [0.4, 0.5) is 11.5 Å². The zero-order valence-electron chi connectivity index (χ0n) is 11.6. The Morgan fingerprint density at radius 1 is 1.42 bits per heavy atom. The SMILES string of the molecule is CC1CC(C)CN(c2ccc(NC(=O)CN)nc2)C1. The molecule has 0 aromatic carbocycles. The fourth-order valence-electron chi connectivity index (χ4n) is 2.71. The smallest absolute Gasteiger partial charge is 0.239 e. The number of carbonyl (C=O) groups excluding carboxylic acids is 1. The lowest BCUT2D eigenvalue weighted by molar-refractivity contribution is -0.114. The van der Waals surface area contributed by atoms with E-state index < -0.39 is 0 Å². The highest BCUT2D eigenvalue weighted by atomic mass is 16.1. The molecular weight excluding hydrogens is 240 g/mol. The summed E-state index contributed by atoms with van der Waals surface area (Å²) in [4.78, 5) is 17.8. The van der Waals surface area contributed by atoms with Gasteiger partial charge in [-0.1, -0.05) is 13.8 Å². The topological polar surface area (TPSA) is 71.2 Å². The van der Waals surface area contributed by atoms with Crippen molar-refractivity contribution in [2.45, 2.75) is 20.3 Å². The van der Waals surface area contributed by atoms with Crippen molar-refractivity contribution in [3.8, 4) is 0 Å². The monoisotopic (exact) mass is 262 g/mol. The molecule has 0 bridgehead atoms. The van der Waals surface area contributed by atoms with Gasteiger partial charge in [0.1, 0.15) is 5.82 Å². The van der Waals surface area contributed by atoms with Crippen molar-refractivity contribution in [2.24, 2.45) is 17.6 Å². The summed E-state index contributed by atoms with van der Waals surface area (Å²) < 4.78 is 0. The average Bonchev–Trinajstić information content (AvgIpc) is 2.38. The summed E-state index contributed by atoms with van der Waals surface area (Å²) in [5, 5.41) is 2.65. The van der Waals surface area contributed by atoms with Crippen molar-refractivity contribution in [2.75, 3.05) is 29.9 Å². The number of amides is 1. The third-order valence-electron chi connectivity index (χ3n) is 3.43. The Hall–Kier alpha value is -1.62. The number of hydrogen-bond donors (Lipinski definition) is 2. The van der Waals surface area contributed by atoms with E-state index >= 15 is 0 Å². The van der Waals surface area contributed by atoms with E-state index in [9.17, 15) is 4.79 Å². The number of nitrogens with two attached hydrogens (primary N) is 1. The maximum Gasteiger partial charge on any atom is 0.239 e. The quantitative estimate of drug-likeness (QED) is 0.865. The van der Waals surface area contributed by atoms with Crippen LogP contribution in [0.1, 0.15) is 20.3 Å². The molecule has 3 N–H and O–H groups in total. The number of piperidine rings is 1. The second kappa shape index (κ2) is 6.02. The first-order chi connectivity index (χ1) is 9.08.